The van der Waals surface area contributed by atoms with Crippen molar-refractivity contribution in [1.29, 1.82) is 0 Å². The molecule has 0 spiro atoms. The molecule has 9 nitrogen and oxygen atoms in total. The first kappa shape index (κ1) is 23.1. The minimum absolute atomic E-state index is 0.0705. The second kappa shape index (κ2) is 11.1. The number of rotatable bonds is 7. The molecule has 30 heavy (non-hydrogen) atoms. The summed E-state index contributed by atoms with van der Waals surface area (Å²) in [4.78, 5) is 37.8. The molecule has 1 aliphatic heterocycles. The maximum atomic E-state index is 12.3. The zero-order valence-corrected chi connectivity index (χ0v) is 17.9. The van der Waals surface area contributed by atoms with Crippen LogP contribution in [0.25, 0.3) is 6.08 Å². The van der Waals surface area contributed by atoms with Crippen molar-refractivity contribution in [2.45, 2.75) is 19.4 Å². The van der Waals surface area contributed by atoms with Gasteiger partial charge in [0.25, 0.3) is 0 Å². The number of methoxy groups -OCH3 is 2. The van der Waals surface area contributed by atoms with Gasteiger partial charge in [0, 0.05) is 19.2 Å². The van der Waals surface area contributed by atoms with Crippen LogP contribution in [0.1, 0.15) is 18.9 Å². The molecular formula is C20H25N3O6S. The van der Waals surface area contributed by atoms with E-state index in [1.807, 2.05) is 0 Å². The lowest BCUT2D eigenvalue weighted by atomic mass is 10.1. The van der Waals surface area contributed by atoms with Gasteiger partial charge in [-0.25, -0.2) is 0 Å². The van der Waals surface area contributed by atoms with Gasteiger partial charge in [0.2, 0.25) is 11.8 Å². The summed E-state index contributed by atoms with van der Waals surface area (Å²) >= 11 is 5.29. The number of carbonyl (C=O) groups is 3. The molecule has 0 saturated carbocycles. The summed E-state index contributed by atoms with van der Waals surface area (Å²) in [6.45, 7) is 2.63. The quantitative estimate of drug-likeness (QED) is 0.369. The maximum absolute atomic E-state index is 12.3. The van der Waals surface area contributed by atoms with E-state index in [0.717, 1.165) is 5.56 Å². The number of piperazine rings is 1. The van der Waals surface area contributed by atoms with Crippen LogP contribution in [-0.4, -0.2) is 67.8 Å². The first-order chi connectivity index (χ1) is 14.4. The van der Waals surface area contributed by atoms with E-state index in [0.29, 0.717) is 24.6 Å². The lowest BCUT2D eigenvalue weighted by Gasteiger charge is -2.36. The number of carbonyl (C=O) groups excluding carboxylic acids is 3. The molecular weight excluding hydrogens is 410 g/mol. The largest absolute Gasteiger partial charge is 0.493 e. The number of nitrogens with zero attached hydrogens (tertiary/aromatic N) is 1. The number of hydrogen-bond donors (Lipinski definition) is 2. The van der Waals surface area contributed by atoms with Crippen LogP contribution in [0.5, 0.6) is 11.5 Å². The lowest BCUT2D eigenvalue weighted by molar-refractivity contribution is -0.147. The summed E-state index contributed by atoms with van der Waals surface area (Å²) in [7, 11) is 3.07. The van der Waals surface area contributed by atoms with E-state index in [1.165, 1.54) is 25.2 Å². The third-order valence-corrected chi connectivity index (χ3v) is 4.66. The Hall–Kier alpha value is -3.14. The van der Waals surface area contributed by atoms with Gasteiger partial charge in [0.15, 0.2) is 16.6 Å². The molecule has 0 aromatic heterocycles. The van der Waals surface area contributed by atoms with Crippen molar-refractivity contribution in [2.75, 3.05) is 33.9 Å². The number of nitrogens with one attached hydrogen (secondary N) is 2. The van der Waals surface area contributed by atoms with Crippen molar-refractivity contribution in [3.63, 3.8) is 0 Å². The fraction of sp³-hybridized carbons (Fsp3) is 0.400. The van der Waals surface area contributed by atoms with Crippen LogP contribution < -0.4 is 20.1 Å². The first-order valence-corrected chi connectivity index (χ1v) is 9.75. The Morgan fingerprint density at radius 1 is 1.30 bits per heavy atom. The van der Waals surface area contributed by atoms with Crippen LogP contribution in [0.4, 0.5) is 0 Å². The van der Waals surface area contributed by atoms with E-state index in [2.05, 4.69) is 10.6 Å². The Bertz CT molecular complexity index is 842. The molecule has 1 aromatic carbocycles. The highest BCUT2D eigenvalue weighted by Crippen LogP contribution is 2.27. The molecule has 1 unspecified atom stereocenters. The summed E-state index contributed by atoms with van der Waals surface area (Å²) in [5, 5.41) is 5.33. The molecule has 1 heterocycles. The van der Waals surface area contributed by atoms with E-state index in [-0.39, 0.29) is 24.0 Å². The second-order valence-corrected chi connectivity index (χ2v) is 6.64. The summed E-state index contributed by atoms with van der Waals surface area (Å²) < 4.78 is 15.3. The highest BCUT2D eigenvalue weighted by Gasteiger charge is 2.33. The number of hydrogen-bond acceptors (Lipinski definition) is 7. The van der Waals surface area contributed by atoms with Gasteiger partial charge in [0.1, 0.15) is 6.04 Å². The van der Waals surface area contributed by atoms with Crippen LogP contribution >= 0.6 is 12.2 Å². The molecule has 1 saturated heterocycles. The molecule has 10 heteroatoms. The van der Waals surface area contributed by atoms with Crippen molar-refractivity contribution >= 4 is 41.2 Å². The highest BCUT2D eigenvalue weighted by molar-refractivity contribution is 7.80. The van der Waals surface area contributed by atoms with Crippen molar-refractivity contribution in [2.24, 2.45) is 0 Å². The standard InChI is InChI=1S/C20H25N3O6S/c1-4-29-18(25)12-14-19(26)21-9-10-23(14)20(30)22-17(24)8-6-13-5-7-15(27-2)16(11-13)28-3/h5-8,11,14H,4,9-10,12H2,1-3H3,(H,21,26)(H,22,24,30). The highest BCUT2D eigenvalue weighted by atomic mass is 32.1. The minimum Gasteiger partial charge on any atom is -0.493 e. The maximum Gasteiger partial charge on any atom is 0.308 e. The molecule has 1 fully saturated rings. The van der Waals surface area contributed by atoms with E-state index in [9.17, 15) is 14.4 Å². The molecule has 0 aliphatic carbocycles. The first-order valence-electron chi connectivity index (χ1n) is 9.34. The van der Waals surface area contributed by atoms with Gasteiger partial charge in [-0.3, -0.25) is 19.7 Å². The monoisotopic (exact) mass is 435 g/mol. The van der Waals surface area contributed by atoms with Crippen molar-refractivity contribution in [3.8, 4) is 11.5 Å². The van der Waals surface area contributed by atoms with Crippen molar-refractivity contribution < 1.29 is 28.6 Å². The molecule has 0 bridgehead atoms. The normalized spacial score (nSPS) is 16.0. The van der Waals surface area contributed by atoms with Crippen LogP contribution in [0.3, 0.4) is 0 Å². The molecule has 2 N–H and O–H groups in total. The van der Waals surface area contributed by atoms with Gasteiger partial charge in [0.05, 0.1) is 27.2 Å². The van der Waals surface area contributed by atoms with Gasteiger partial charge >= 0.3 is 5.97 Å². The number of benzene rings is 1. The van der Waals surface area contributed by atoms with E-state index in [1.54, 1.807) is 31.2 Å². The summed E-state index contributed by atoms with van der Waals surface area (Å²) in [6.07, 6.45) is 2.76. The van der Waals surface area contributed by atoms with Crippen LogP contribution in [0.15, 0.2) is 24.3 Å². The average molecular weight is 436 g/mol. The van der Waals surface area contributed by atoms with E-state index < -0.39 is 17.9 Å². The van der Waals surface area contributed by atoms with Crippen LogP contribution in [0.2, 0.25) is 0 Å². The van der Waals surface area contributed by atoms with Gasteiger partial charge in [-0.05, 0) is 42.9 Å². The van der Waals surface area contributed by atoms with Gasteiger partial charge < -0.3 is 24.4 Å². The van der Waals surface area contributed by atoms with Crippen molar-refractivity contribution in [3.05, 3.63) is 29.8 Å². The molecule has 1 aromatic rings. The average Bonchev–Trinajstić information content (AvgIpc) is 2.73. The van der Waals surface area contributed by atoms with Gasteiger partial charge in [-0.15, -0.1) is 0 Å². The minimum atomic E-state index is -0.833. The summed E-state index contributed by atoms with van der Waals surface area (Å²) in [6, 6.07) is 4.40. The molecule has 1 atom stereocenters. The SMILES string of the molecule is CCOC(=O)CC1C(=O)NCCN1C(=S)NC(=O)C=Cc1ccc(OC)c(OC)c1. The van der Waals surface area contributed by atoms with Gasteiger partial charge in [-0.1, -0.05) is 6.07 Å². The Balaban J connectivity index is 2.02. The second-order valence-electron chi connectivity index (χ2n) is 6.25. The molecule has 0 radical (unpaired) electrons. The van der Waals surface area contributed by atoms with Crippen molar-refractivity contribution in [1.82, 2.24) is 15.5 Å². The molecule has 2 rings (SSSR count). The fourth-order valence-corrected chi connectivity index (χ4v) is 3.20. The van der Waals surface area contributed by atoms with Crippen LogP contribution in [0, 0.1) is 0 Å². The zero-order chi connectivity index (χ0) is 22.1. The zero-order valence-electron chi connectivity index (χ0n) is 17.1. The Morgan fingerprint density at radius 3 is 2.70 bits per heavy atom. The number of ether oxygens (including phenoxy) is 3. The number of thiocarbonyl (C=S) groups is 1. The smallest absolute Gasteiger partial charge is 0.308 e. The predicted molar refractivity (Wildman–Crippen MR) is 114 cm³/mol. The molecule has 1 aliphatic rings. The predicted octanol–water partition coefficient (Wildman–Crippen LogP) is 0.872. The Morgan fingerprint density at radius 2 is 2.03 bits per heavy atom. The lowest BCUT2D eigenvalue weighted by Crippen LogP contribution is -2.60. The Labute approximate surface area is 180 Å². The Kier molecular flexibility index (Phi) is 8.60. The third kappa shape index (κ3) is 6.18. The topological polar surface area (TPSA) is 106 Å². The van der Waals surface area contributed by atoms with Crippen LogP contribution in [-0.2, 0) is 19.1 Å². The third-order valence-electron chi connectivity index (χ3n) is 4.32. The molecule has 2 amide bonds. The number of amides is 2. The fourth-order valence-electron chi connectivity index (χ4n) is 2.89. The van der Waals surface area contributed by atoms with E-state index >= 15 is 0 Å². The van der Waals surface area contributed by atoms with E-state index in [4.69, 9.17) is 26.4 Å². The number of esters is 1. The summed E-state index contributed by atoms with van der Waals surface area (Å²) in [5.41, 5.74) is 0.728. The van der Waals surface area contributed by atoms with Gasteiger partial charge in [-0.2, -0.15) is 0 Å². The molecule has 162 valence electrons. The summed E-state index contributed by atoms with van der Waals surface area (Å²) in [5.74, 6) is -0.192.